The summed E-state index contributed by atoms with van der Waals surface area (Å²) >= 11 is 0. The van der Waals surface area contributed by atoms with Crippen molar-refractivity contribution in [3.63, 3.8) is 0 Å². The molecule has 2 aliphatic rings. The first-order valence-electron chi connectivity index (χ1n) is 15.6. The first-order chi connectivity index (χ1) is 21.3. The Labute approximate surface area is 263 Å². The second-order valence-corrected chi connectivity index (χ2v) is 13.2. The van der Waals surface area contributed by atoms with Crippen molar-refractivity contribution < 1.29 is 23.8 Å². The predicted octanol–water partition coefficient (Wildman–Crippen LogP) is 7.48. The number of nitrogens with zero attached hydrogens (tertiary/aromatic N) is 4. The molecule has 2 aliphatic heterocycles. The van der Waals surface area contributed by atoms with Gasteiger partial charge in [0.1, 0.15) is 11.5 Å². The van der Waals surface area contributed by atoms with Crippen LogP contribution in [-0.2, 0) is 23.0 Å². The molecule has 9 heteroatoms. The normalized spacial score (nSPS) is 15.9. The van der Waals surface area contributed by atoms with Crippen molar-refractivity contribution >= 4 is 22.8 Å². The summed E-state index contributed by atoms with van der Waals surface area (Å²) in [6, 6.07) is 7.57. The Morgan fingerprint density at radius 3 is 2.62 bits per heavy atom. The zero-order valence-electron chi connectivity index (χ0n) is 27.1. The number of carbonyl (C=O) groups is 1. The number of aliphatic carboxylic acids is 1. The van der Waals surface area contributed by atoms with Crippen molar-refractivity contribution in [2.24, 2.45) is 7.05 Å². The summed E-state index contributed by atoms with van der Waals surface area (Å²) in [7, 11) is 1.95. The van der Waals surface area contributed by atoms with Gasteiger partial charge in [-0.3, -0.25) is 0 Å². The molecule has 5 heterocycles. The number of anilines is 1. The summed E-state index contributed by atoms with van der Waals surface area (Å²) in [5.74, 6) is -0.407. The second-order valence-electron chi connectivity index (χ2n) is 13.2. The Balaban J connectivity index is 1.62. The zero-order chi connectivity index (χ0) is 32.2. The molecule has 0 spiro atoms. The minimum atomic E-state index is -1.32. The average molecular weight is 613 g/mol. The van der Waals surface area contributed by atoms with E-state index >= 15 is 4.39 Å². The molecule has 0 saturated carbocycles. The minimum absolute atomic E-state index is 0.285. The fourth-order valence-electron chi connectivity index (χ4n) is 6.58. The molecule has 0 radical (unpaired) electrons. The van der Waals surface area contributed by atoms with E-state index in [0.717, 1.165) is 59.5 Å². The number of aromatic nitrogens is 3. The average Bonchev–Trinajstić information content (AvgIpc) is 3.33. The highest BCUT2D eigenvalue weighted by Crippen LogP contribution is 2.45. The van der Waals surface area contributed by atoms with Crippen LogP contribution in [0.3, 0.4) is 0 Å². The fraction of sp³-hybridized carbons (Fsp3) is 0.417. The summed E-state index contributed by atoms with van der Waals surface area (Å²) in [6.45, 7) is 13.6. The van der Waals surface area contributed by atoms with Crippen LogP contribution in [0.4, 0.5) is 10.2 Å². The summed E-state index contributed by atoms with van der Waals surface area (Å²) in [5, 5.41) is 11.2. The number of carboxylic acid groups (broad SMARTS) is 1. The fourth-order valence-corrected chi connectivity index (χ4v) is 6.58. The summed E-state index contributed by atoms with van der Waals surface area (Å²) in [6.07, 6.45) is 5.20. The Morgan fingerprint density at radius 1 is 1.16 bits per heavy atom. The molecule has 4 aromatic rings. The van der Waals surface area contributed by atoms with Gasteiger partial charge >= 0.3 is 5.97 Å². The number of aryl methyl sites for hydroxylation is 2. The molecule has 1 atom stereocenters. The van der Waals surface area contributed by atoms with Gasteiger partial charge in [-0.25, -0.2) is 19.2 Å². The highest BCUT2D eigenvalue weighted by atomic mass is 19.1. The van der Waals surface area contributed by atoms with Gasteiger partial charge in [-0.1, -0.05) is 11.6 Å². The molecule has 0 amide bonds. The number of hydrogen-bond donors (Lipinski definition) is 1. The molecule has 1 N–H and O–H groups in total. The van der Waals surface area contributed by atoms with E-state index < -0.39 is 23.5 Å². The first kappa shape index (κ1) is 30.8. The topological polar surface area (TPSA) is 89.7 Å². The SMILES string of the molecule is CC1=CCN(c2cc(-c3cc4c(-c5cc(F)c6c(c5C)CCCO6)c([C@H](OC(C)(C)C)C(=O)O)c(C)nc4n3C)ccn2)CC1. The molecule has 236 valence electrons. The summed E-state index contributed by atoms with van der Waals surface area (Å²) in [5.41, 5.74) is 7.00. The van der Waals surface area contributed by atoms with Crippen LogP contribution in [0.15, 0.2) is 42.1 Å². The second kappa shape index (κ2) is 11.6. The molecule has 0 bridgehead atoms. The maximum absolute atomic E-state index is 15.7. The van der Waals surface area contributed by atoms with Gasteiger partial charge in [0.25, 0.3) is 0 Å². The van der Waals surface area contributed by atoms with Gasteiger partial charge in [0.05, 0.1) is 17.9 Å². The summed E-state index contributed by atoms with van der Waals surface area (Å²) in [4.78, 5) is 24.8. The van der Waals surface area contributed by atoms with Crippen LogP contribution in [0.2, 0.25) is 0 Å². The monoisotopic (exact) mass is 612 g/mol. The van der Waals surface area contributed by atoms with Gasteiger partial charge in [0.15, 0.2) is 17.7 Å². The lowest BCUT2D eigenvalue weighted by Gasteiger charge is -2.29. The van der Waals surface area contributed by atoms with Gasteiger partial charge in [-0.2, -0.15) is 0 Å². The van der Waals surface area contributed by atoms with Crippen molar-refractivity contribution in [3.05, 3.63) is 70.3 Å². The van der Waals surface area contributed by atoms with Crippen LogP contribution in [0.25, 0.3) is 33.4 Å². The standard InChI is InChI=1S/C36H41FN4O4/c1-20-11-14-41(15-12-20)29-17-23(10-13-38-29)28-19-26-31(25-18-27(37)32-24(21(25)2)9-8-16-44-32)30(22(3)39-34(26)40(28)7)33(35(42)43)45-36(4,5)6/h10-11,13,17-19,33H,8-9,12,14-16H2,1-7H3,(H,42,43)/t33-/m0/s1. The molecule has 0 fully saturated rings. The molecular weight excluding hydrogens is 571 g/mol. The van der Waals surface area contributed by atoms with Crippen molar-refractivity contribution in [1.29, 1.82) is 0 Å². The number of hydrogen-bond acceptors (Lipinski definition) is 6. The van der Waals surface area contributed by atoms with E-state index in [4.69, 9.17) is 14.5 Å². The van der Waals surface area contributed by atoms with Gasteiger partial charge in [-0.05, 0) is 96.2 Å². The van der Waals surface area contributed by atoms with E-state index in [1.54, 1.807) is 6.92 Å². The molecule has 45 heavy (non-hydrogen) atoms. The highest BCUT2D eigenvalue weighted by molar-refractivity contribution is 6.01. The molecule has 8 nitrogen and oxygen atoms in total. The van der Waals surface area contributed by atoms with Crippen LogP contribution in [0.5, 0.6) is 5.75 Å². The van der Waals surface area contributed by atoms with Gasteiger partial charge < -0.3 is 24.0 Å². The molecule has 6 rings (SSSR count). The smallest absolute Gasteiger partial charge is 0.337 e. The number of rotatable bonds is 6. The Hall–Kier alpha value is -4.24. The maximum atomic E-state index is 15.7. The number of fused-ring (bicyclic) bond motifs is 2. The number of halogens is 1. The minimum Gasteiger partial charge on any atom is -0.490 e. The molecular formula is C36H41FN4O4. The van der Waals surface area contributed by atoms with E-state index in [9.17, 15) is 9.90 Å². The van der Waals surface area contributed by atoms with Crippen molar-refractivity contribution in [3.8, 4) is 28.1 Å². The molecule has 0 unspecified atom stereocenters. The van der Waals surface area contributed by atoms with Crippen LogP contribution >= 0.6 is 0 Å². The lowest BCUT2D eigenvalue weighted by molar-refractivity contribution is -0.160. The highest BCUT2D eigenvalue weighted by Gasteiger charge is 2.34. The Bertz CT molecular complexity index is 1850. The largest absolute Gasteiger partial charge is 0.490 e. The molecule has 0 saturated heterocycles. The lowest BCUT2D eigenvalue weighted by atomic mass is 9.86. The van der Waals surface area contributed by atoms with E-state index in [0.29, 0.717) is 41.1 Å². The van der Waals surface area contributed by atoms with Crippen LogP contribution in [0, 0.1) is 19.7 Å². The van der Waals surface area contributed by atoms with Gasteiger partial charge in [-0.15, -0.1) is 0 Å². The zero-order valence-corrected chi connectivity index (χ0v) is 27.1. The van der Waals surface area contributed by atoms with Crippen molar-refractivity contribution in [1.82, 2.24) is 14.5 Å². The lowest BCUT2D eigenvalue weighted by Crippen LogP contribution is -2.28. The van der Waals surface area contributed by atoms with Gasteiger partial charge in [0, 0.05) is 59.7 Å². The van der Waals surface area contributed by atoms with E-state index in [-0.39, 0.29) is 5.75 Å². The molecule has 1 aromatic carbocycles. The number of ether oxygens (including phenoxy) is 2. The van der Waals surface area contributed by atoms with Crippen molar-refractivity contribution in [2.75, 3.05) is 24.6 Å². The number of pyridine rings is 2. The first-order valence-corrected chi connectivity index (χ1v) is 15.6. The Kier molecular flexibility index (Phi) is 7.93. The maximum Gasteiger partial charge on any atom is 0.337 e. The third-order valence-corrected chi connectivity index (χ3v) is 8.87. The van der Waals surface area contributed by atoms with Crippen LogP contribution < -0.4 is 9.64 Å². The van der Waals surface area contributed by atoms with Crippen molar-refractivity contribution in [2.45, 2.75) is 72.5 Å². The summed E-state index contributed by atoms with van der Waals surface area (Å²) < 4.78 is 29.7. The molecule has 3 aromatic heterocycles. The Morgan fingerprint density at radius 2 is 1.93 bits per heavy atom. The third kappa shape index (κ3) is 5.70. The van der Waals surface area contributed by atoms with Gasteiger partial charge in [0.2, 0.25) is 0 Å². The third-order valence-electron chi connectivity index (χ3n) is 8.87. The predicted molar refractivity (Wildman–Crippen MR) is 174 cm³/mol. The molecule has 0 aliphatic carbocycles. The number of carboxylic acids is 1. The van der Waals surface area contributed by atoms with E-state index in [1.165, 1.54) is 11.6 Å². The number of benzene rings is 1. The van der Waals surface area contributed by atoms with E-state index in [1.807, 2.05) is 57.6 Å². The van der Waals surface area contributed by atoms with Crippen LogP contribution in [-0.4, -0.2) is 50.9 Å². The quantitative estimate of drug-likeness (QED) is 0.226. The van der Waals surface area contributed by atoms with Crippen LogP contribution in [0.1, 0.15) is 69.0 Å². The van der Waals surface area contributed by atoms with E-state index in [2.05, 4.69) is 29.0 Å².